The van der Waals surface area contributed by atoms with Gasteiger partial charge >= 0.3 is 12.0 Å². The van der Waals surface area contributed by atoms with E-state index in [1.165, 1.54) is 12.1 Å². The molecule has 6 heteroatoms. The van der Waals surface area contributed by atoms with E-state index in [1.807, 2.05) is 13.8 Å². The first kappa shape index (κ1) is 16.9. The summed E-state index contributed by atoms with van der Waals surface area (Å²) in [5.41, 5.74) is 0.643. The molecule has 21 heavy (non-hydrogen) atoms. The van der Waals surface area contributed by atoms with Crippen LogP contribution >= 0.6 is 0 Å². The molecule has 1 aromatic carbocycles. The Hall–Kier alpha value is -2.11. The number of aliphatic carboxylic acids is 1. The molecule has 2 unspecified atom stereocenters. The van der Waals surface area contributed by atoms with Crippen LogP contribution in [0.5, 0.6) is 0 Å². The van der Waals surface area contributed by atoms with E-state index in [0.717, 1.165) is 0 Å². The van der Waals surface area contributed by atoms with Crippen LogP contribution in [0.1, 0.15) is 38.8 Å². The fourth-order valence-electron chi connectivity index (χ4n) is 1.91. The topological polar surface area (TPSA) is 78.4 Å². The lowest BCUT2D eigenvalue weighted by molar-refractivity contribution is -0.137. The van der Waals surface area contributed by atoms with Crippen LogP contribution in [0, 0.1) is 11.7 Å². The maximum atomic E-state index is 13.1. The standard InChI is InChI=1S/C15H21FN2O3/c1-9(2)13(8-14(19)20)18-15(21)17-10(3)11-5-4-6-12(16)7-11/h4-7,9-10,13H,8H2,1-3H3,(H,19,20)(H2,17,18,21). The highest BCUT2D eigenvalue weighted by atomic mass is 19.1. The third kappa shape index (κ3) is 5.81. The van der Waals surface area contributed by atoms with Crippen molar-refractivity contribution < 1.29 is 19.1 Å². The van der Waals surface area contributed by atoms with Crippen LogP contribution in [-0.2, 0) is 4.79 Å². The predicted molar refractivity (Wildman–Crippen MR) is 77.4 cm³/mol. The molecule has 1 rings (SSSR count). The number of carboxylic acid groups (broad SMARTS) is 1. The molecule has 0 aromatic heterocycles. The van der Waals surface area contributed by atoms with Gasteiger partial charge in [-0.05, 0) is 30.5 Å². The third-order valence-corrected chi connectivity index (χ3v) is 3.21. The second-order valence-corrected chi connectivity index (χ2v) is 5.34. The lowest BCUT2D eigenvalue weighted by Gasteiger charge is -2.22. The van der Waals surface area contributed by atoms with Crippen LogP contribution in [0.2, 0.25) is 0 Å². The first-order valence-corrected chi connectivity index (χ1v) is 6.84. The van der Waals surface area contributed by atoms with Gasteiger partial charge in [0.05, 0.1) is 12.5 Å². The highest BCUT2D eigenvalue weighted by Gasteiger charge is 2.20. The Morgan fingerprint density at radius 1 is 1.24 bits per heavy atom. The van der Waals surface area contributed by atoms with Crippen molar-refractivity contribution in [1.29, 1.82) is 0 Å². The molecule has 0 radical (unpaired) electrons. The average Bonchev–Trinajstić information content (AvgIpc) is 2.37. The van der Waals surface area contributed by atoms with Gasteiger partial charge in [0.1, 0.15) is 5.82 Å². The Morgan fingerprint density at radius 3 is 2.43 bits per heavy atom. The second kappa shape index (κ2) is 7.61. The van der Waals surface area contributed by atoms with Crippen LogP contribution in [0.25, 0.3) is 0 Å². The van der Waals surface area contributed by atoms with E-state index >= 15 is 0 Å². The molecule has 0 aliphatic carbocycles. The van der Waals surface area contributed by atoms with Crippen molar-refractivity contribution in [2.24, 2.45) is 5.92 Å². The van der Waals surface area contributed by atoms with E-state index in [0.29, 0.717) is 5.56 Å². The number of rotatable bonds is 6. The summed E-state index contributed by atoms with van der Waals surface area (Å²) in [6, 6.07) is 4.67. The van der Waals surface area contributed by atoms with Gasteiger partial charge in [0.25, 0.3) is 0 Å². The molecule has 5 nitrogen and oxygen atoms in total. The number of amides is 2. The number of carbonyl (C=O) groups is 2. The number of benzene rings is 1. The zero-order valence-corrected chi connectivity index (χ0v) is 12.4. The van der Waals surface area contributed by atoms with Crippen molar-refractivity contribution in [2.75, 3.05) is 0 Å². The van der Waals surface area contributed by atoms with E-state index in [9.17, 15) is 14.0 Å². The van der Waals surface area contributed by atoms with Crippen molar-refractivity contribution in [1.82, 2.24) is 10.6 Å². The highest BCUT2D eigenvalue weighted by Crippen LogP contribution is 2.13. The molecule has 116 valence electrons. The quantitative estimate of drug-likeness (QED) is 0.755. The number of urea groups is 1. The summed E-state index contributed by atoms with van der Waals surface area (Å²) in [5, 5.41) is 14.1. The van der Waals surface area contributed by atoms with E-state index < -0.39 is 18.0 Å². The lowest BCUT2D eigenvalue weighted by atomic mass is 10.0. The van der Waals surface area contributed by atoms with Gasteiger partial charge in [-0.15, -0.1) is 0 Å². The molecule has 0 saturated heterocycles. The van der Waals surface area contributed by atoms with Crippen LogP contribution in [0.3, 0.4) is 0 Å². The molecule has 0 heterocycles. The van der Waals surface area contributed by atoms with Crippen molar-refractivity contribution in [2.45, 2.75) is 39.3 Å². The molecule has 3 N–H and O–H groups in total. The van der Waals surface area contributed by atoms with E-state index in [4.69, 9.17) is 5.11 Å². The number of carboxylic acids is 1. The first-order valence-electron chi connectivity index (χ1n) is 6.84. The molecular formula is C15H21FN2O3. The van der Waals surface area contributed by atoms with Crippen LogP contribution in [0.4, 0.5) is 9.18 Å². The molecular weight excluding hydrogens is 275 g/mol. The average molecular weight is 296 g/mol. The summed E-state index contributed by atoms with van der Waals surface area (Å²) in [6.07, 6.45) is -0.139. The van der Waals surface area contributed by atoms with Crippen molar-refractivity contribution in [3.05, 3.63) is 35.6 Å². The van der Waals surface area contributed by atoms with Gasteiger partial charge < -0.3 is 15.7 Å². The normalized spacial score (nSPS) is 13.6. The van der Waals surface area contributed by atoms with Gasteiger partial charge in [0.15, 0.2) is 0 Å². The minimum Gasteiger partial charge on any atom is -0.481 e. The Labute approximate surface area is 123 Å². The van der Waals surface area contributed by atoms with Crippen LogP contribution in [0.15, 0.2) is 24.3 Å². The smallest absolute Gasteiger partial charge is 0.315 e. The van der Waals surface area contributed by atoms with Gasteiger partial charge in [-0.2, -0.15) is 0 Å². The van der Waals surface area contributed by atoms with Crippen LogP contribution < -0.4 is 10.6 Å². The molecule has 1 aromatic rings. The first-order chi connectivity index (χ1) is 9.79. The SMILES string of the molecule is CC(NC(=O)NC(CC(=O)O)C(C)C)c1cccc(F)c1. The Bertz CT molecular complexity index is 505. The molecule has 0 aliphatic rings. The largest absolute Gasteiger partial charge is 0.481 e. The van der Waals surface area contributed by atoms with Crippen molar-refractivity contribution in [3.63, 3.8) is 0 Å². The van der Waals surface area contributed by atoms with Crippen molar-refractivity contribution >= 4 is 12.0 Å². The van der Waals surface area contributed by atoms with Gasteiger partial charge in [-0.3, -0.25) is 4.79 Å². The Balaban J connectivity index is 2.61. The summed E-state index contributed by atoms with van der Waals surface area (Å²) >= 11 is 0. The number of nitrogens with one attached hydrogen (secondary N) is 2. The summed E-state index contributed by atoms with van der Waals surface area (Å²) in [5.74, 6) is -1.34. The maximum absolute atomic E-state index is 13.1. The summed E-state index contributed by atoms with van der Waals surface area (Å²) < 4.78 is 13.1. The highest BCUT2D eigenvalue weighted by molar-refractivity contribution is 5.76. The van der Waals surface area contributed by atoms with E-state index in [1.54, 1.807) is 19.1 Å². The van der Waals surface area contributed by atoms with Crippen LogP contribution in [-0.4, -0.2) is 23.1 Å². The monoisotopic (exact) mass is 296 g/mol. The second-order valence-electron chi connectivity index (χ2n) is 5.34. The summed E-state index contributed by atoms with van der Waals surface area (Å²) in [4.78, 5) is 22.7. The summed E-state index contributed by atoms with van der Waals surface area (Å²) in [7, 11) is 0. The minimum atomic E-state index is -0.966. The minimum absolute atomic E-state index is 0.00340. The molecule has 0 bridgehead atoms. The Kier molecular flexibility index (Phi) is 6.14. The fourth-order valence-corrected chi connectivity index (χ4v) is 1.91. The number of carbonyl (C=O) groups excluding carboxylic acids is 1. The van der Waals surface area contributed by atoms with E-state index in [2.05, 4.69) is 10.6 Å². The Morgan fingerprint density at radius 2 is 1.90 bits per heavy atom. The number of halogens is 1. The van der Waals surface area contributed by atoms with Gasteiger partial charge in [0, 0.05) is 6.04 Å². The molecule has 2 atom stereocenters. The molecule has 0 aliphatic heterocycles. The molecule has 0 spiro atoms. The lowest BCUT2D eigenvalue weighted by Crippen LogP contribution is -2.46. The number of hydrogen-bond acceptors (Lipinski definition) is 2. The zero-order chi connectivity index (χ0) is 16.0. The maximum Gasteiger partial charge on any atom is 0.315 e. The molecule has 2 amide bonds. The predicted octanol–water partition coefficient (Wildman–Crippen LogP) is 2.69. The van der Waals surface area contributed by atoms with Gasteiger partial charge in [-0.1, -0.05) is 26.0 Å². The van der Waals surface area contributed by atoms with Gasteiger partial charge in [0.2, 0.25) is 0 Å². The van der Waals surface area contributed by atoms with Gasteiger partial charge in [-0.25, -0.2) is 9.18 Å². The zero-order valence-electron chi connectivity index (χ0n) is 12.4. The molecule has 0 saturated carbocycles. The third-order valence-electron chi connectivity index (χ3n) is 3.21. The summed E-state index contributed by atoms with van der Waals surface area (Å²) in [6.45, 7) is 5.41. The number of hydrogen-bond donors (Lipinski definition) is 3. The van der Waals surface area contributed by atoms with Crippen molar-refractivity contribution in [3.8, 4) is 0 Å². The fraction of sp³-hybridized carbons (Fsp3) is 0.467. The van der Waals surface area contributed by atoms with E-state index in [-0.39, 0.29) is 24.2 Å². The molecule has 0 fully saturated rings.